The predicted molar refractivity (Wildman–Crippen MR) is 60.0 cm³/mol. The molecule has 0 aromatic carbocycles. The summed E-state index contributed by atoms with van der Waals surface area (Å²) in [5, 5.41) is 23.5. The van der Waals surface area contributed by atoms with E-state index in [-0.39, 0.29) is 10.8 Å². The third-order valence-electron chi connectivity index (χ3n) is 2.05. The Kier molecular flexibility index (Phi) is 4.53. The van der Waals surface area contributed by atoms with Gasteiger partial charge in [-0.25, -0.2) is 4.79 Å². The van der Waals surface area contributed by atoms with Crippen molar-refractivity contribution >= 4 is 23.4 Å². The summed E-state index contributed by atoms with van der Waals surface area (Å²) in [6.07, 6.45) is 0. The number of nitrogens with one attached hydrogen (secondary N) is 1. The molecule has 8 heteroatoms. The molecule has 7 nitrogen and oxygen atoms in total. The fourth-order valence-electron chi connectivity index (χ4n) is 1.14. The summed E-state index contributed by atoms with van der Waals surface area (Å²) >= 11 is 0.902. The zero-order valence-corrected chi connectivity index (χ0v) is 10.2. The second-order valence-electron chi connectivity index (χ2n) is 3.69. The average Bonchev–Trinajstić information content (AvgIpc) is 2.73. The molecule has 1 heterocycles. The number of rotatable bonds is 5. The van der Waals surface area contributed by atoms with E-state index < -0.39 is 24.5 Å². The molecule has 94 valence electrons. The van der Waals surface area contributed by atoms with Crippen molar-refractivity contribution in [3.05, 3.63) is 10.6 Å². The number of aliphatic hydroxyl groups is 1. The van der Waals surface area contributed by atoms with Gasteiger partial charge in [0.1, 0.15) is 4.88 Å². The molecule has 0 aliphatic heterocycles. The number of carboxylic acids is 1. The van der Waals surface area contributed by atoms with Gasteiger partial charge in [0.25, 0.3) is 5.91 Å². The fraction of sp³-hybridized carbons (Fsp3) is 0.556. The van der Waals surface area contributed by atoms with E-state index in [2.05, 4.69) is 14.9 Å². The van der Waals surface area contributed by atoms with E-state index >= 15 is 0 Å². The van der Waals surface area contributed by atoms with Crippen LogP contribution in [-0.4, -0.2) is 44.3 Å². The van der Waals surface area contributed by atoms with Crippen LogP contribution in [0.1, 0.15) is 35.1 Å². The van der Waals surface area contributed by atoms with Crippen molar-refractivity contribution in [2.24, 2.45) is 0 Å². The molecular weight excluding hydrogens is 246 g/mol. The quantitative estimate of drug-likeness (QED) is 0.677. The number of amides is 1. The molecule has 1 aromatic heterocycles. The topological polar surface area (TPSA) is 112 Å². The maximum atomic E-state index is 11.7. The van der Waals surface area contributed by atoms with Gasteiger partial charge < -0.3 is 15.5 Å². The van der Waals surface area contributed by atoms with E-state index in [0.29, 0.717) is 5.69 Å². The second-order valence-corrected chi connectivity index (χ2v) is 4.44. The van der Waals surface area contributed by atoms with Crippen LogP contribution in [-0.2, 0) is 4.79 Å². The predicted octanol–water partition coefficient (Wildman–Crippen LogP) is -0.163. The highest BCUT2D eigenvalue weighted by Gasteiger charge is 2.24. The first-order chi connectivity index (χ1) is 7.97. The van der Waals surface area contributed by atoms with Crippen molar-refractivity contribution in [1.82, 2.24) is 14.9 Å². The minimum atomic E-state index is -1.32. The Hall–Kier alpha value is -1.54. The minimum absolute atomic E-state index is 0.0203. The van der Waals surface area contributed by atoms with Crippen LogP contribution < -0.4 is 5.32 Å². The Labute approximate surface area is 102 Å². The summed E-state index contributed by atoms with van der Waals surface area (Å²) in [5.74, 6) is -1.85. The number of hydrogen-bond donors (Lipinski definition) is 3. The molecule has 0 spiro atoms. The smallest absolute Gasteiger partial charge is 0.328 e. The lowest BCUT2D eigenvalue weighted by molar-refractivity contribution is -0.140. The van der Waals surface area contributed by atoms with E-state index in [1.54, 1.807) is 0 Å². The molecule has 0 saturated carbocycles. The van der Waals surface area contributed by atoms with E-state index in [4.69, 9.17) is 10.2 Å². The highest BCUT2D eigenvalue weighted by atomic mass is 32.1. The van der Waals surface area contributed by atoms with E-state index in [1.807, 2.05) is 13.8 Å². The lowest BCUT2D eigenvalue weighted by Crippen LogP contribution is -2.43. The van der Waals surface area contributed by atoms with Crippen LogP contribution in [0.15, 0.2) is 0 Å². The van der Waals surface area contributed by atoms with Gasteiger partial charge in [0.2, 0.25) is 0 Å². The molecule has 0 aliphatic carbocycles. The zero-order chi connectivity index (χ0) is 13.0. The average molecular weight is 259 g/mol. The fourth-order valence-corrected chi connectivity index (χ4v) is 1.86. The molecule has 0 saturated heterocycles. The zero-order valence-electron chi connectivity index (χ0n) is 9.38. The molecule has 3 N–H and O–H groups in total. The SMILES string of the molecule is CC(C)c1nnsc1C(=O)N[C@@H](CO)C(=O)O. The molecule has 0 aliphatic rings. The van der Waals surface area contributed by atoms with Gasteiger partial charge in [0.15, 0.2) is 6.04 Å². The second kappa shape index (κ2) is 5.69. The van der Waals surface area contributed by atoms with Gasteiger partial charge in [-0.15, -0.1) is 5.10 Å². The summed E-state index contributed by atoms with van der Waals surface area (Å²) in [6, 6.07) is -1.32. The van der Waals surface area contributed by atoms with Gasteiger partial charge in [0, 0.05) is 0 Å². The van der Waals surface area contributed by atoms with Crippen molar-refractivity contribution in [3.63, 3.8) is 0 Å². The van der Waals surface area contributed by atoms with Crippen LogP contribution in [0.5, 0.6) is 0 Å². The van der Waals surface area contributed by atoms with Crippen LogP contribution in [0.25, 0.3) is 0 Å². The van der Waals surface area contributed by atoms with E-state index in [9.17, 15) is 9.59 Å². The van der Waals surface area contributed by atoms with Gasteiger partial charge >= 0.3 is 5.97 Å². The molecule has 0 unspecified atom stereocenters. The highest BCUT2D eigenvalue weighted by Crippen LogP contribution is 2.19. The lowest BCUT2D eigenvalue weighted by Gasteiger charge is -2.11. The third kappa shape index (κ3) is 3.21. The normalized spacial score (nSPS) is 12.5. The lowest BCUT2D eigenvalue weighted by atomic mass is 10.1. The summed E-state index contributed by atoms with van der Waals surface area (Å²) < 4.78 is 3.66. The molecule has 1 amide bonds. The Morgan fingerprint density at radius 2 is 2.12 bits per heavy atom. The number of aliphatic hydroxyl groups excluding tert-OH is 1. The van der Waals surface area contributed by atoms with Gasteiger partial charge in [0.05, 0.1) is 12.3 Å². The molecule has 1 rings (SSSR count). The van der Waals surface area contributed by atoms with Crippen molar-refractivity contribution in [2.75, 3.05) is 6.61 Å². The molecule has 1 aromatic rings. The summed E-state index contributed by atoms with van der Waals surface area (Å²) in [6.45, 7) is 3.05. The molecule has 1 atom stereocenters. The number of aromatic nitrogens is 2. The number of carbonyl (C=O) groups is 2. The first-order valence-electron chi connectivity index (χ1n) is 4.94. The molecule has 0 radical (unpaired) electrons. The molecule has 17 heavy (non-hydrogen) atoms. The Morgan fingerprint density at radius 1 is 1.47 bits per heavy atom. The van der Waals surface area contributed by atoms with Crippen LogP contribution >= 0.6 is 11.5 Å². The highest BCUT2D eigenvalue weighted by molar-refractivity contribution is 7.08. The van der Waals surface area contributed by atoms with Crippen LogP contribution in [0, 0.1) is 0 Å². The number of aliphatic carboxylic acids is 1. The Bertz CT molecular complexity index is 418. The van der Waals surface area contributed by atoms with Gasteiger partial charge in [-0.3, -0.25) is 4.79 Å². The van der Waals surface area contributed by atoms with Crippen LogP contribution in [0.3, 0.4) is 0 Å². The van der Waals surface area contributed by atoms with E-state index in [1.165, 1.54) is 0 Å². The largest absolute Gasteiger partial charge is 0.480 e. The standard InChI is InChI=1S/C9H13N3O4S/c1-4(2)6-7(17-12-11-6)8(14)10-5(3-13)9(15)16/h4-5,13H,3H2,1-2H3,(H,10,14)(H,15,16)/t5-/m0/s1. The monoisotopic (exact) mass is 259 g/mol. The van der Waals surface area contributed by atoms with Gasteiger partial charge in [-0.1, -0.05) is 18.3 Å². The number of carbonyl (C=O) groups excluding carboxylic acids is 1. The Balaban J connectivity index is 2.82. The van der Waals surface area contributed by atoms with Crippen molar-refractivity contribution < 1.29 is 19.8 Å². The third-order valence-corrected chi connectivity index (χ3v) is 2.79. The van der Waals surface area contributed by atoms with E-state index in [0.717, 1.165) is 11.5 Å². The maximum absolute atomic E-state index is 11.7. The van der Waals surface area contributed by atoms with Crippen LogP contribution in [0.4, 0.5) is 0 Å². The number of carboxylic acid groups (broad SMARTS) is 1. The summed E-state index contributed by atoms with van der Waals surface area (Å²) in [4.78, 5) is 22.7. The van der Waals surface area contributed by atoms with Gasteiger partial charge in [-0.05, 0) is 17.5 Å². The number of nitrogens with zero attached hydrogens (tertiary/aromatic N) is 2. The first-order valence-corrected chi connectivity index (χ1v) is 5.71. The maximum Gasteiger partial charge on any atom is 0.328 e. The minimum Gasteiger partial charge on any atom is -0.480 e. The Morgan fingerprint density at radius 3 is 2.59 bits per heavy atom. The summed E-state index contributed by atoms with van der Waals surface area (Å²) in [5.41, 5.74) is 0.523. The van der Waals surface area contributed by atoms with Crippen molar-refractivity contribution in [3.8, 4) is 0 Å². The summed E-state index contributed by atoms with van der Waals surface area (Å²) in [7, 11) is 0. The molecular formula is C9H13N3O4S. The molecule has 0 fully saturated rings. The van der Waals surface area contributed by atoms with Crippen molar-refractivity contribution in [2.45, 2.75) is 25.8 Å². The number of hydrogen-bond acceptors (Lipinski definition) is 6. The molecule has 0 bridgehead atoms. The van der Waals surface area contributed by atoms with Crippen LogP contribution in [0.2, 0.25) is 0 Å². The van der Waals surface area contributed by atoms with Crippen molar-refractivity contribution in [1.29, 1.82) is 0 Å². The van der Waals surface area contributed by atoms with Gasteiger partial charge in [-0.2, -0.15) is 0 Å². The first kappa shape index (κ1) is 13.5.